The highest BCUT2D eigenvalue weighted by molar-refractivity contribution is 5.88. The van der Waals surface area contributed by atoms with E-state index in [9.17, 15) is 19.2 Å². The number of ether oxygens (including phenoxy) is 2. The molecule has 4 atom stereocenters. The van der Waals surface area contributed by atoms with Crippen molar-refractivity contribution in [1.29, 1.82) is 0 Å². The summed E-state index contributed by atoms with van der Waals surface area (Å²) in [5.74, 6) is 0.449. The Hall–Kier alpha value is -4.08. The summed E-state index contributed by atoms with van der Waals surface area (Å²) in [6.07, 6.45) is 2.63. The predicted octanol–water partition coefficient (Wildman–Crippen LogP) is 6.57. The van der Waals surface area contributed by atoms with Gasteiger partial charge in [-0.1, -0.05) is 60.7 Å². The van der Waals surface area contributed by atoms with Crippen LogP contribution in [0.15, 0.2) is 60.7 Å². The molecule has 4 aliphatic heterocycles. The van der Waals surface area contributed by atoms with Crippen LogP contribution in [0, 0.1) is 10.8 Å². The number of carbonyl (C=O) groups excluding carboxylic acids is 4. The fourth-order valence-corrected chi connectivity index (χ4v) is 8.23. The number of likely N-dealkylation sites (tertiary alicyclic amines) is 3. The SMILES string of the molecule is CC(C)(C)OC(=O)N1CCCC2(C1)C(=O)NCC2c1ccccc1.CCN1CC(c2ccccc2)C2(CCCN(C(=O)OC(C)(C)C)C2)C1=O. The number of hydrogen-bond acceptors (Lipinski definition) is 6. The van der Waals surface area contributed by atoms with E-state index in [1.54, 1.807) is 9.80 Å². The van der Waals surface area contributed by atoms with E-state index in [0.717, 1.165) is 37.8 Å². The average molecular weight is 689 g/mol. The first-order valence-corrected chi connectivity index (χ1v) is 18.2. The second-order valence-electron chi connectivity index (χ2n) is 16.3. The second-order valence-corrected chi connectivity index (χ2v) is 16.3. The molecule has 4 amide bonds. The Morgan fingerprint density at radius 2 is 1.20 bits per heavy atom. The zero-order valence-electron chi connectivity index (χ0n) is 31.0. The molecule has 6 rings (SSSR count). The maximum absolute atomic E-state index is 13.3. The topological polar surface area (TPSA) is 108 Å². The zero-order chi connectivity index (χ0) is 36.3. The van der Waals surface area contributed by atoms with Crippen LogP contribution in [-0.4, -0.2) is 95.7 Å². The third-order valence-corrected chi connectivity index (χ3v) is 10.5. The highest BCUT2D eigenvalue weighted by Gasteiger charge is 2.57. The van der Waals surface area contributed by atoms with Crippen LogP contribution in [0.3, 0.4) is 0 Å². The Kier molecular flexibility index (Phi) is 10.9. The van der Waals surface area contributed by atoms with Gasteiger partial charge in [0.05, 0.1) is 10.8 Å². The lowest BCUT2D eigenvalue weighted by molar-refractivity contribution is -0.138. The van der Waals surface area contributed by atoms with Crippen LogP contribution < -0.4 is 5.32 Å². The highest BCUT2D eigenvalue weighted by Crippen LogP contribution is 2.50. The van der Waals surface area contributed by atoms with Crippen molar-refractivity contribution in [3.8, 4) is 0 Å². The van der Waals surface area contributed by atoms with Crippen molar-refractivity contribution in [2.24, 2.45) is 10.8 Å². The van der Waals surface area contributed by atoms with Gasteiger partial charge in [-0.05, 0) is 85.3 Å². The summed E-state index contributed by atoms with van der Waals surface area (Å²) < 4.78 is 11.1. The fraction of sp³-hybridized carbons (Fsp3) is 0.600. The largest absolute Gasteiger partial charge is 0.444 e. The molecule has 50 heavy (non-hydrogen) atoms. The van der Waals surface area contributed by atoms with E-state index in [1.165, 1.54) is 5.56 Å². The number of benzene rings is 2. The highest BCUT2D eigenvalue weighted by atomic mass is 16.6. The molecule has 2 aromatic carbocycles. The van der Waals surface area contributed by atoms with Gasteiger partial charge < -0.3 is 29.5 Å². The first-order chi connectivity index (χ1) is 23.6. The number of carbonyl (C=O) groups is 4. The maximum atomic E-state index is 13.3. The molecule has 0 aromatic heterocycles. The van der Waals surface area contributed by atoms with Gasteiger partial charge in [-0.2, -0.15) is 0 Å². The number of nitrogens with zero attached hydrogens (tertiary/aromatic N) is 3. The smallest absolute Gasteiger partial charge is 0.410 e. The number of hydrogen-bond donors (Lipinski definition) is 1. The Morgan fingerprint density at radius 1 is 0.740 bits per heavy atom. The van der Waals surface area contributed by atoms with E-state index in [4.69, 9.17) is 9.47 Å². The minimum Gasteiger partial charge on any atom is -0.444 e. The molecule has 4 fully saturated rings. The van der Waals surface area contributed by atoms with Gasteiger partial charge >= 0.3 is 12.2 Å². The minimum absolute atomic E-state index is 0.0598. The Balaban J connectivity index is 0.000000195. The van der Waals surface area contributed by atoms with Crippen molar-refractivity contribution in [1.82, 2.24) is 20.0 Å². The lowest BCUT2D eigenvalue weighted by Gasteiger charge is -2.42. The molecule has 4 heterocycles. The lowest BCUT2D eigenvalue weighted by atomic mass is 9.69. The number of amides is 4. The first kappa shape index (κ1) is 37.2. The maximum Gasteiger partial charge on any atom is 0.410 e. The van der Waals surface area contributed by atoms with Gasteiger partial charge in [0.25, 0.3) is 0 Å². The van der Waals surface area contributed by atoms with Gasteiger partial charge in [-0.3, -0.25) is 9.59 Å². The average Bonchev–Trinajstić information content (AvgIpc) is 3.52. The molecule has 0 saturated carbocycles. The van der Waals surface area contributed by atoms with Crippen molar-refractivity contribution < 1.29 is 28.7 Å². The molecular weight excluding hydrogens is 632 g/mol. The third-order valence-electron chi connectivity index (χ3n) is 10.5. The molecule has 0 bridgehead atoms. The standard InChI is InChI=1S/C21H30N2O3.C19H26N2O3/c1-5-22-14-17(16-10-7-6-8-11-16)21(18(22)24)12-9-13-23(15-21)19(25)26-20(2,3)4;1-18(2,3)24-17(23)21-11-7-10-19(13-21)15(12-20-16(19)22)14-8-5-4-6-9-14/h6-8,10-11,17H,5,9,12-15H2,1-4H3;4-6,8-9,15H,7,10-13H2,1-3H3,(H,20,22). The zero-order valence-corrected chi connectivity index (χ0v) is 31.0. The number of nitrogens with one attached hydrogen (secondary N) is 1. The summed E-state index contributed by atoms with van der Waals surface area (Å²) in [5.41, 5.74) is 0.196. The van der Waals surface area contributed by atoms with Crippen molar-refractivity contribution in [2.75, 3.05) is 45.8 Å². The molecule has 0 aliphatic carbocycles. The van der Waals surface area contributed by atoms with Gasteiger partial charge in [0, 0.05) is 57.6 Å². The minimum atomic E-state index is -0.545. The van der Waals surface area contributed by atoms with Crippen LogP contribution in [0.25, 0.3) is 0 Å². The van der Waals surface area contributed by atoms with E-state index >= 15 is 0 Å². The van der Waals surface area contributed by atoms with E-state index in [2.05, 4.69) is 29.6 Å². The van der Waals surface area contributed by atoms with Gasteiger partial charge in [0.15, 0.2) is 0 Å². The second kappa shape index (κ2) is 14.6. The Bertz CT molecular complexity index is 1520. The van der Waals surface area contributed by atoms with E-state index in [0.29, 0.717) is 39.3 Å². The van der Waals surface area contributed by atoms with Gasteiger partial charge in [0.2, 0.25) is 11.8 Å². The van der Waals surface area contributed by atoms with Gasteiger partial charge in [0.1, 0.15) is 11.2 Å². The van der Waals surface area contributed by atoms with E-state index in [1.807, 2.05) is 89.8 Å². The number of rotatable bonds is 3. The van der Waals surface area contributed by atoms with Crippen LogP contribution in [0.2, 0.25) is 0 Å². The van der Waals surface area contributed by atoms with Gasteiger partial charge in [-0.15, -0.1) is 0 Å². The number of piperidine rings is 2. The quantitative estimate of drug-likeness (QED) is 0.391. The molecule has 2 aromatic rings. The molecule has 4 unspecified atom stereocenters. The number of likely N-dealkylation sites (N-methyl/N-ethyl adjacent to an activating group) is 1. The molecular formula is C40H56N4O6. The fourth-order valence-electron chi connectivity index (χ4n) is 8.23. The lowest BCUT2D eigenvalue weighted by Crippen LogP contribution is -2.52. The molecule has 2 spiro atoms. The predicted molar refractivity (Wildman–Crippen MR) is 193 cm³/mol. The summed E-state index contributed by atoms with van der Waals surface area (Å²) >= 11 is 0. The van der Waals surface area contributed by atoms with Crippen LogP contribution in [0.1, 0.15) is 97.1 Å². The van der Waals surface area contributed by atoms with Crippen LogP contribution in [0.5, 0.6) is 0 Å². The molecule has 10 nitrogen and oxygen atoms in total. The van der Waals surface area contributed by atoms with E-state index < -0.39 is 22.0 Å². The van der Waals surface area contributed by atoms with Crippen molar-refractivity contribution >= 4 is 24.0 Å². The molecule has 10 heteroatoms. The van der Waals surface area contributed by atoms with Crippen LogP contribution in [-0.2, 0) is 19.1 Å². The van der Waals surface area contributed by atoms with Crippen molar-refractivity contribution in [3.05, 3.63) is 71.8 Å². The molecule has 0 radical (unpaired) electrons. The monoisotopic (exact) mass is 688 g/mol. The van der Waals surface area contributed by atoms with Crippen molar-refractivity contribution in [2.45, 2.75) is 97.2 Å². The third kappa shape index (κ3) is 7.94. The van der Waals surface area contributed by atoms with Gasteiger partial charge in [-0.25, -0.2) is 9.59 Å². The molecule has 4 aliphatic rings. The summed E-state index contributed by atoms with van der Waals surface area (Å²) in [6.45, 7) is 17.4. The molecule has 1 N–H and O–H groups in total. The normalized spacial score (nSPS) is 26.8. The summed E-state index contributed by atoms with van der Waals surface area (Å²) in [6, 6.07) is 20.4. The summed E-state index contributed by atoms with van der Waals surface area (Å²) in [7, 11) is 0. The Labute approximate surface area is 297 Å². The van der Waals surface area contributed by atoms with Crippen molar-refractivity contribution in [3.63, 3.8) is 0 Å². The summed E-state index contributed by atoms with van der Waals surface area (Å²) in [4.78, 5) is 56.5. The summed E-state index contributed by atoms with van der Waals surface area (Å²) in [5, 5.41) is 3.02. The van der Waals surface area contributed by atoms with Crippen LogP contribution >= 0.6 is 0 Å². The Morgan fingerprint density at radius 3 is 1.68 bits per heavy atom. The van der Waals surface area contributed by atoms with E-state index in [-0.39, 0.29) is 35.8 Å². The molecule has 272 valence electrons. The molecule has 4 saturated heterocycles. The van der Waals surface area contributed by atoms with Crippen LogP contribution in [0.4, 0.5) is 9.59 Å². The first-order valence-electron chi connectivity index (χ1n) is 18.2.